The molecule has 7 nitrogen and oxygen atoms in total. The monoisotopic (exact) mass is 461 g/mol. The van der Waals surface area contributed by atoms with Gasteiger partial charge in [0.25, 0.3) is 5.56 Å². The predicted octanol–water partition coefficient (Wildman–Crippen LogP) is 3.79. The molecule has 1 unspecified atom stereocenters. The molecule has 1 atom stereocenters. The zero-order chi connectivity index (χ0) is 20.1. The van der Waals surface area contributed by atoms with Crippen molar-refractivity contribution < 1.29 is 4.79 Å². The SMILES string of the molecule is CC(C)(C)n1ncc2c(=O)n3c(nc21)SCC3CC(=O)Nc1cccc(Br)c1. The van der Waals surface area contributed by atoms with Crippen molar-refractivity contribution in [1.82, 2.24) is 19.3 Å². The summed E-state index contributed by atoms with van der Waals surface area (Å²) in [6, 6.07) is 7.20. The maximum absolute atomic E-state index is 13.1. The average molecular weight is 462 g/mol. The lowest BCUT2D eigenvalue weighted by atomic mass is 10.1. The number of benzene rings is 1. The molecule has 146 valence electrons. The first-order valence-electron chi connectivity index (χ1n) is 8.93. The second kappa shape index (κ2) is 7.04. The van der Waals surface area contributed by atoms with Gasteiger partial charge in [-0.05, 0) is 39.0 Å². The van der Waals surface area contributed by atoms with Gasteiger partial charge in [0.2, 0.25) is 5.91 Å². The highest BCUT2D eigenvalue weighted by molar-refractivity contribution is 9.10. The molecule has 2 aromatic heterocycles. The second-order valence-corrected chi connectivity index (χ2v) is 9.66. The number of rotatable bonds is 3. The van der Waals surface area contributed by atoms with E-state index in [-0.39, 0.29) is 29.5 Å². The molecule has 0 saturated carbocycles. The summed E-state index contributed by atoms with van der Waals surface area (Å²) in [6.07, 6.45) is 1.79. The summed E-state index contributed by atoms with van der Waals surface area (Å²) in [5.41, 5.74) is 0.904. The second-order valence-electron chi connectivity index (χ2n) is 7.76. The molecule has 28 heavy (non-hydrogen) atoms. The van der Waals surface area contributed by atoms with E-state index >= 15 is 0 Å². The van der Waals surface area contributed by atoms with E-state index in [1.54, 1.807) is 15.4 Å². The predicted molar refractivity (Wildman–Crippen MR) is 114 cm³/mol. The number of nitrogens with one attached hydrogen (secondary N) is 1. The van der Waals surface area contributed by atoms with E-state index in [1.807, 2.05) is 45.0 Å². The zero-order valence-electron chi connectivity index (χ0n) is 15.8. The highest BCUT2D eigenvalue weighted by Gasteiger charge is 2.30. The number of amides is 1. The molecule has 1 aromatic carbocycles. The molecule has 0 aliphatic carbocycles. The van der Waals surface area contributed by atoms with Crippen LogP contribution in [0.25, 0.3) is 11.0 Å². The van der Waals surface area contributed by atoms with Crippen molar-refractivity contribution in [1.29, 1.82) is 0 Å². The summed E-state index contributed by atoms with van der Waals surface area (Å²) in [7, 11) is 0. The molecular formula is C19H20BrN5O2S. The first kappa shape index (κ1) is 19.2. The number of halogens is 1. The molecule has 0 spiro atoms. The Kier molecular flexibility index (Phi) is 4.83. The lowest BCUT2D eigenvalue weighted by Crippen LogP contribution is -2.29. The van der Waals surface area contributed by atoms with Gasteiger partial charge in [0.15, 0.2) is 10.8 Å². The Balaban J connectivity index is 1.62. The summed E-state index contributed by atoms with van der Waals surface area (Å²) in [4.78, 5) is 30.3. The van der Waals surface area contributed by atoms with Crippen molar-refractivity contribution in [3.05, 3.63) is 45.3 Å². The van der Waals surface area contributed by atoms with Crippen LogP contribution in [0.5, 0.6) is 0 Å². The summed E-state index contributed by atoms with van der Waals surface area (Å²) in [5, 5.41) is 8.38. The normalized spacial score (nSPS) is 16.4. The Morgan fingerprint density at radius 1 is 1.39 bits per heavy atom. The Morgan fingerprint density at radius 2 is 2.18 bits per heavy atom. The van der Waals surface area contributed by atoms with Crippen LogP contribution >= 0.6 is 27.7 Å². The van der Waals surface area contributed by atoms with Gasteiger partial charge >= 0.3 is 0 Å². The van der Waals surface area contributed by atoms with Crippen LogP contribution in [0, 0.1) is 0 Å². The fraction of sp³-hybridized carbons (Fsp3) is 0.368. The molecule has 1 aliphatic rings. The standard InChI is InChI=1S/C19H20BrN5O2S/c1-19(2,3)25-16-14(9-21-25)17(27)24-13(10-28-18(24)23-16)8-15(26)22-12-6-4-5-11(20)7-12/h4-7,9,13H,8,10H2,1-3H3,(H,22,26). The molecule has 1 N–H and O–H groups in total. The summed E-state index contributed by atoms with van der Waals surface area (Å²) in [5.74, 6) is 0.512. The quantitative estimate of drug-likeness (QED) is 0.599. The largest absolute Gasteiger partial charge is 0.326 e. The van der Waals surface area contributed by atoms with E-state index in [0.717, 1.165) is 10.2 Å². The van der Waals surface area contributed by atoms with Gasteiger partial charge in [-0.25, -0.2) is 9.67 Å². The van der Waals surface area contributed by atoms with E-state index in [1.165, 1.54) is 11.8 Å². The fourth-order valence-electron chi connectivity index (χ4n) is 3.26. The van der Waals surface area contributed by atoms with Gasteiger partial charge in [0.1, 0.15) is 5.39 Å². The van der Waals surface area contributed by atoms with Crippen LogP contribution in [-0.4, -0.2) is 31.0 Å². The number of thioether (sulfide) groups is 1. The third kappa shape index (κ3) is 3.48. The number of carbonyl (C=O) groups excluding carboxylic acids is 1. The number of anilines is 1. The van der Waals surface area contributed by atoms with Crippen molar-refractivity contribution in [2.24, 2.45) is 0 Å². The molecule has 0 bridgehead atoms. The van der Waals surface area contributed by atoms with Gasteiger partial charge in [0, 0.05) is 22.3 Å². The number of aromatic nitrogens is 4. The van der Waals surface area contributed by atoms with Crippen LogP contribution in [0.3, 0.4) is 0 Å². The number of carbonyl (C=O) groups is 1. The highest BCUT2D eigenvalue weighted by Crippen LogP contribution is 2.34. The zero-order valence-corrected chi connectivity index (χ0v) is 18.2. The number of nitrogens with zero attached hydrogens (tertiary/aromatic N) is 4. The van der Waals surface area contributed by atoms with Crippen molar-refractivity contribution in [3.63, 3.8) is 0 Å². The number of fused-ring (bicyclic) bond motifs is 2. The fourth-order valence-corrected chi connectivity index (χ4v) is 4.79. The third-order valence-electron chi connectivity index (χ3n) is 4.54. The van der Waals surface area contributed by atoms with Crippen LogP contribution in [0.2, 0.25) is 0 Å². The number of hydrogen-bond acceptors (Lipinski definition) is 5. The van der Waals surface area contributed by atoms with Crippen molar-refractivity contribution in [2.45, 2.75) is 43.9 Å². The average Bonchev–Trinajstić information content (AvgIpc) is 3.19. The molecule has 3 aromatic rings. The first-order chi connectivity index (χ1) is 13.2. The Labute approximate surface area is 174 Å². The Morgan fingerprint density at radius 3 is 2.89 bits per heavy atom. The van der Waals surface area contributed by atoms with Crippen molar-refractivity contribution >= 4 is 50.3 Å². The lowest BCUT2D eigenvalue weighted by Gasteiger charge is -2.20. The minimum atomic E-state index is -0.271. The van der Waals surface area contributed by atoms with Crippen molar-refractivity contribution in [3.8, 4) is 0 Å². The maximum Gasteiger partial charge on any atom is 0.265 e. The Hall–Kier alpha value is -2.13. The smallest absolute Gasteiger partial charge is 0.265 e. The van der Waals surface area contributed by atoms with Gasteiger partial charge in [-0.1, -0.05) is 33.8 Å². The van der Waals surface area contributed by atoms with Crippen LogP contribution in [0.4, 0.5) is 5.69 Å². The van der Waals surface area contributed by atoms with Crippen LogP contribution in [-0.2, 0) is 10.3 Å². The van der Waals surface area contributed by atoms with Gasteiger partial charge in [-0.2, -0.15) is 5.10 Å². The molecule has 0 fully saturated rings. The van der Waals surface area contributed by atoms with Gasteiger partial charge in [0.05, 0.1) is 17.8 Å². The highest BCUT2D eigenvalue weighted by atomic mass is 79.9. The minimum absolute atomic E-state index is 0.131. The van der Waals surface area contributed by atoms with Crippen LogP contribution in [0.1, 0.15) is 33.2 Å². The molecule has 0 saturated heterocycles. The molecular weight excluding hydrogens is 442 g/mol. The molecule has 3 heterocycles. The van der Waals surface area contributed by atoms with Gasteiger partial charge in [-0.3, -0.25) is 14.2 Å². The van der Waals surface area contributed by atoms with Crippen LogP contribution < -0.4 is 10.9 Å². The van der Waals surface area contributed by atoms with Crippen LogP contribution in [0.15, 0.2) is 44.9 Å². The minimum Gasteiger partial charge on any atom is -0.326 e. The third-order valence-corrected chi connectivity index (χ3v) is 6.13. The van der Waals surface area contributed by atoms with E-state index in [4.69, 9.17) is 0 Å². The topological polar surface area (TPSA) is 81.8 Å². The summed E-state index contributed by atoms with van der Waals surface area (Å²) < 4.78 is 4.31. The Bertz CT molecular complexity index is 1130. The molecule has 9 heteroatoms. The number of hydrogen-bond donors (Lipinski definition) is 1. The maximum atomic E-state index is 13.1. The molecule has 4 rings (SSSR count). The summed E-state index contributed by atoms with van der Waals surface area (Å²) >= 11 is 4.90. The molecule has 1 amide bonds. The lowest BCUT2D eigenvalue weighted by molar-refractivity contribution is -0.116. The van der Waals surface area contributed by atoms with E-state index < -0.39 is 0 Å². The van der Waals surface area contributed by atoms with E-state index in [2.05, 4.69) is 31.3 Å². The molecule has 1 aliphatic heterocycles. The van der Waals surface area contributed by atoms with Gasteiger partial charge in [-0.15, -0.1) is 0 Å². The summed E-state index contributed by atoms with van der Waals surface area (Å²) in [6.45, 7) is 6.07. The first-order valence-corrected chi connectivity index (χ1v) is 10.7. The molecule has 0 radical (unpaired) electrons. The van der Waals surface area contributed by atoms with E-state index in [9.17, 15) is 9.59 Å². The van der Waals surface area contributed by atoms with Gasteiger partial charge < -0.3 is 5.32 Å². The van der Waals surface area contributed by atoms with E-state index in [0.29, 0.717) is 21.9 Å². The van der Waals surface area contributed by atoms with Crippen molar-refractivity contribution in [2.75, 3.05) is 11.1 Å².